The lowest BCUT2D eigenvalue weighted by atomic mass is 10.2. The second-order valence-corrected chi connectivity index (χ2v) is 7.53. The number of rotatable bonds is 5. The highest BCUT2D eigenvalue weighted by Gasteiger charge is 2.25. The Balaban J connectivity index is 2.08. The van der Waals surface area contributed by atoms with Gasteiger partial charge in [0.1, 0.15) is 10.7 Å². The average molecular weight is 407 g/mol. The van der Waals surface area contributed by atoms with Crippen LogP contribution in [0.4, 0.5) is 11.5 Å². The molecule has 0 bridgehead atoms. The molecule has 0 aliphatic heterocycles. The standard InChI is InChI=1S/C18H19ClN4O3S/c1-3-4-9-23-15(20)13(16(24)21-18(23)26)22(2)17(25)14-12(19)10-7-5-6-8-11(10)27-14/h5-8H,3-4,9,20H2,1-2H3,(H,21,24,26). The minimum atomic E-state index is -0.710. The maximum atomic E-state index is 13.0. The van der Waals surface area contributed by atoms with Crippen molar-refractivity contribution in [2.24, 2.45) is 0 Å². The fourth-order valence-electron chi connectivity index (χ4n) is 2.85. The summed E-state index contributed by atoms with van der Waals surface area (Å²) in [6.07, 6.45) is 1.57. The zero-order valence-electron chi connectivity index (χ0n) is 14.9. The summed E-state index contributed by atoms with van der Waals surface area (Å²) in [4.78, 5) is 41.1. The van der Waals surface area contributed by atoms with Gasteiger partial charge in [-0.15, -0.1) is 11.3 Å². The quantitative estimate of drug-likeness (QED) is 0.679. The fraction of sp³-hybridized carbons (Fsp3) is 0.278. The molecule has 0 saturated heterocycles. The normalized spacial score (nSPS) is 11.1. The van der Waals surface area contributed by atoms with Crippen LogP contribution in [0.3, 0.4) is 0 Å². The second-order valence-electron chi connectivity index (χ2n) is 6.10. The molecule has 27 heavy (non-hydrogen) atoms. The molecule has 0 atom stereocenters. The summed E-state index contributed by atoms with van der Waals surface area (Å²) < 4.78 is 2.14. The van der Waals surface area contributed by atoms with E-state index in [-0.39, 0.29) is 11.5 Å². The van der Waals surface area contributed by atoms with E-state index in [2.05, 4.69) is 4.98 Å². The third-order valence-corrected chi connectivity index (χ3v) is 5.98. The zero-order valence-corrected chi connectivity index (χ0v) is 16.5. The molecule has 0 fully saturated rings. The average Bonchev–Trinajstić information content (AvgIpc) is 2.97. The number of unbranched alkanes of at least 4 members (excludes halogenated alkanes) is 1. The first kappa shape index (κ1) is 19.2. The largest absolute Gasteiger partial charge is 0.383 e. The fourth-order valence-corrected chi connectivity index (χ4v) is 4.33. The number of nitrogens with two attached hydrogens (primary N) is 1. The van der Waals surface area contributed by atoms with E-state index in [1.165, 1.54) is 23.0 Å². The number of nitrogens with one attached hydrogen (secondary N) is 1. The molecule has 3 N–H and O–H groups in total. The first-order valence-electron chi connectivity index (χ1n) is 8.44. The molecule has 0 aliphatic carbocycles. The minimum absolute atomic E-state index is 0.0368. The van der Waals surface area contributed by atoms with E-state index < -0.39 is 17.2 Å². The molecule has 0 spiro atoms. The first-order chi connectivity index (χ1) is 12.9. The number of hydrogen-bond donors (Lipinski definition) is 2. The van der Waals surface area contributed by atoms with E-state index in [0.717, 1.165) is 27.8 Å². The van der Waals surface area contributed by atoms with Crippen molar-refractivity contribution in [3.8, 4) is 0 Å². The van der Waals surface area contributed by atoms with Crippen LogP contribution in [0.1, 0.15) is 29.4 Å². The summed E-state index contributed by atoms with van der Waals surface area (Å²) in [5.41, 5.74) is 4.71. The van der Waals surface area contributed by atoms with Crippen LogP contribution in [0.25, 0.3) is 10.1 Å². The molecular weight excluding hydrogens is 388 g/mol. The number of amides is 1. The van der Waals surface area contributed by atoms with E-state index >= 15 is 0 Å². The maximum Gasteiger partial charge on any atom is 0.330 e. The molecule has 0 unspecified atom stereocenters. The van der Waals surface area contributed by atoms with Crippen LogP contribution in [0.2, 0.25) is 5.02 Å². The van der Waals surface area contributed by atoms with E-state index in [9.17, 15) is 14.4 Å². The highest BCUT2D eigenvalue weighted by Crippen LogP contribution is 2.36. The first-order valence-corrected chi connectivity index (χ1v) is 9.64. The van der Waals surface area contributed by atoms with E-state index in [0.29, 0.717) is 16.4 Å². The van der Waals surface area contributed by atoms with Gasteiger partial charge in [-0.2, -0.15) is 0 Å². The molecule has 0 radical (unpaired) electrons. The van der Waals surface area contributed by atoms with Crippen molar-refractivity contribution >= 4 is 50.4 Å². The third kappa shape index (κ3) is 3.38. The molecule has 2 heterocycles. The summed E-state index contributed by atoms with van der Waals surface area (Å²) in [5.74, 6) is -0.496. The van der Waals surface area contributed by atoms with Gasteiger partial charge in [0.05, 0.1) is 5.02 Å². The van der Waals surface area contributed by atoms with E-state index in [1.54, 1.807) is 0 Å². The number of anilines is 2. The van der Waals surface area contributed by atoms with Gasteiger partial charge in [0.25, 0.3) is 11.5 Å². The Morgan fingerprint density at radius 1 is 1.33 bits per heavy atom. The number of nitrogens with zero attached hydrogens (tertiary/aromatic N) is 2. The van der Waals surface area contributed by atoms with E-state index in [4.69, 9.17) is 17.3 Å². The minimum Gasteiger partial charge on any atom is -0.383 e. The Morgan fingerprint density at radius 2 is 2.04 bits per heavy atom. The number of nitrogen functional groups attached to an aromatic ring is 1. The molecule has 9 heteroatoms. The molecule has 0 aliphatic rings. The number of hydrogen-bond acceptors (Lipinski definition) is 5. The third-order valence-electron chi connectivity index (χ3n) is 4.32. The van der Waals surface area contributed by atoms with Crippen molar-refractivity contribution in [2.45, 2.75) is 26.3 Å². The summed E-state index contributed by atoms with van der Waals surface area (Å²) in [6.45, 7) is 2.34. The van der Waals surface area contributed by atoms with Crippen molar-refractivity contribution < 1.29 is 4.79 Å². The van der Waals surface area contributed by atoms with Gasteiger partial charge < -0.3 is 10.6 Å². The Morgan fingerprint density at radius 3 is 2.70 bits per heavy atom. The topological polar surface area (TPSA) is 101 Å². The summed E-state index contributed by atoms with van der Waals surface area (Å²) in [5, 5.41) is 1.11. The van der Waals surface area contributed by atoms with Crippen molar-refractivity contribution in [1.29, 1.82) is 0 Å². The monoisotopic (exact) mass is 406 g/mol. The smallest absolute Gasteiger partial charge is 0.330 e. The zero-order chi connectivity index (χ0) is 19.7. The van der Waals surface area contributed by atoms with Crippen LogP contribution in [-0.2, 0) is 6.54 Å². The van der Waals surface area contributed by atoms with Crippen LogP contribution in [0, 0.1) is 0 Å². The lowest BCUT2D eigenvalue weighted by molar-refractivity contribution is 0.0996. The van der Waals surface area contributed by atoms with Gasteiger partial charge in [0.2, 0.25) is 0 Å². The number of benzene rings is 1. The van der Waals surface area contributed by atoms with Gasteiger partial charge in [0.15, 0.2) is 5.69 Å². The SMILES string of the molecule is CCCCn1c(N)c(N(C)C(=O)c2sc3ccccc3c2Cl)c(=O)[nH]c1=O. The van der Waals surface area contributed by atoms with Gasteiger partial charge in [0, 0.05) is 23.7 Å². The Bertz CT molecular complexity index is 1130. The molecule has 2 aromatic heterocycles. The number of aromatic nitrogens is 2. The molecular formula is C18H19ClN4O3S. The van der Waals surface area contributed by atoms with Crippen molar-refractivity contribution in [2.75, 3.05) is 17.7 Å². The lowest BCUT2D eigenvalue weighted by Crippen LogP contribution is -2.39. The Labute approximate surface area is 164 Å². The van der Waals surface area contributed by atoms with Crippen molar-refractivity contribution in [3.63, 3.8) is 0 Å². The number of thiophene rings is 1. The maximum absolute atomic E-state index is 13.0. The molecule has 142 valence electrons. The predicted octanol–water partition coefficient (Wildman–Crippen LogP) is 3.06. The molecule has 7 nitrogen and oxygen atoms in total. The molecule has 0 saturated carbocycles. The van der Waals surface area contributed by atoms with E-state index in [1.807, 2.05) is 31.2 Å². The lowest BCUT2D eigenvalue weighted by Gasteiger charge is -2.20. The number of halogens is 1. The number of aromatic amines is 1. The highest BCUT2D eigenvalue weighted by atomic mass is 35.5. The van der Waals surface area contributed by atoms with Gasteiger partial charge in [-0.05, 0) is 12.5 Å². The van der Waals surface area contributed by atoms with Crippen molar-refractivity contribution in [3.05, 3.63) is 55.0 Å². The van der Waals surface area contributed by atoms with Crippen LogP contribution in [-0.4, -0.2) is 22.5 Å². The number of carbonyl (C=O) groups is 1. The summed E-state index contributed by atoms with van der Waals surface area (Å²) >= 11 is 7.62. The predicted molar refractivity (Wildman–Crippen MR) is 110 cm³/mol. The molecule has 1 amide bonds. The van der Waals surface area contributed by atoms with Gasteiger partial charge in [-0.3, -0.25) is 19.1 Å². The van der Waals surface area contributed by atoms with Gasteiger partial charge in [-0.1, -0.05) is 43.1 Å². The van der Waals surface area contributed by atoms with Crippen LogP contribution in [0.15, 0.2) is 33.9 Å². The Kier molecular flexibility index (Phi) is 5.38. The molecule has 1 aromatic carbocycles. The van der Waals surface area contributed by atoms with Crippen LogP contribution < -0.4 is 21.9 Å². The summed E-state index contributed by atoms with van der Waals surface area (Å²) in [7, 11) is 1.44. The number of carbonyl (C=O) groups excluding carboxylic acids is 1. The van der Waals surface area contributed by atoms with Crippen LogP contribution >= 0.6 is 22.9 Å². The molecule has 3 aromatic rings. The summed E-state index contributed by atoms with van der Waals surface area (Å²) in [6, 6.07) is 7.40. The Hall–Kier alpha value is -2.58. The second kappa shape index (κ2) is 7.58. The van der Waals surface area contributed by atoms with Gasteiger partial charge in [-0.25, -0.2) is 4.79 Å². The van der Waals surface area contributed by atoms with Gasteiger partial charge >= 0.3 is 5.69 Å². The number of fused-ring (bicyclic) bond motifs is 1. The highest BCUT2D eigenvalue weighted by molar-refractivity contribution is 7.21. The van der Waals surface area contributed by atoms with Crippen molar-refractivity contribution in [1.82, 2.24) is 9.55 Å². The molecule has 3 rings (SSSR count). The number of H-pyrrole nitrogens is 1. The van der Waals surface area contributed by atoms with Crippen LogP contribution in [0.5, 0.6) is 0 Å².